The zero-order valence-corrected chi connectivity index (χ0v) is 28.1. The predicted molar refractivity (Wildman–Crippen MR) is 221 cm³/mol. The molecule has 0 aliphatic carbocycles. The van der Waals surface area contributed by atoms with Gasteiger partial charge in [-0.25, -0.2) is 0 Å². The van der Waals surface area contributed by atoms with Crippen molar-refractivity contribution in [2.75, 3.05) is 4.90 Å². The molecule has 0 atom stereocenters. The SMILES string of the molecule is [2H]c1c([2H])c([2H])c(-c2ccc(N(c3ccc(-c4ccccc4)cc3)c3ccc4c(c3)c3c5ccccc5c5ccccc5c3n4-c3ccccc3)cc2)c([2H])c1[2H]. The Morgan fingerprint density at radius 3 is 1.54 bits per heavy atom. The van der Waals surface area contributed by atoms with E-state index in [1.807, 2.05) is 48.5 Å². The number of fused-ring (bicyclic) bond motifs is 8. The molecule has 10 aromatic rings. The van der Waals surface area contributed by atoms with Crippen LogP contribution in [0.15, 0.2) is 206 Å². The highest BCUT2D eigenvalue weighted by molar-refractivity contribution is 6.32. The van der Waals surface area contributed by atoms with Crippen molar-refractivity contribution in [1.82, 2.24) is 4.57 Å². The molecule has 0 fully saturated rings. The van der Waals surface area contributed by atoms with Crippen molar-refractivity contribution in [2.45, 2.75) is 0 Å². The van der Waals surface area contributed by atoms with Crippen LogP contribution in [0.1, 0.15) is 6.85 Å². The first kappa shape index (κ1) is 25.1. The molecule has 0 unspecified atom stereocenters. The second-order valence-corrected chi connectivity index (χ2v) is 13.0. The quantitative estimate of drug-likeness (QED) is 0.160. The minimum absolute atomic E-state index is 0.181. The van der Waals surface area contributed by atoms with Gasteiger partial charge in [-0.2, -0.15) is 0 Å². The summed E-state index contributed by atoms with van der Waals surface area (Å²) < 4.78 is 44.2. The highest BCUT2D eigenvalue weighted by Crippen LogP contribution is 2.45. The molecule has 2 nitrogen and oxygen atoms in total. The minimum Gasteiger partial charge on any atom is -0.310 e. The van der Waals surface area contributed by atoms with E-state index in [9.17, 15) is 0 Å². The maximum Gasteiger partial charge on any atom is 0.0629 e. The number of anilines is 3. The molecule has 0 N–H and O–H groups in total. The van der Waals surface area contributed by atoms with Crippen molar-refractivity contribution in [1.29, 1.82) is 0 Å². The summed E-state index contributed by atoms with van der Waals surface area (Å²) in [6, 6.07) is 59.4. The topological polar surface area (TPSA) is 8.17 Å². The number of benzene rings is 9. The fourth-order valence-electron chi connectivity index (χ4n) is 7.70. The van der Waals surface area contributed by atoms with Crippen LogP contribution in [0.4, 0.5) is 17.1 Å². The maximum atomic E-state index is 8.60. The Hall–Kier alpha value is -6.90. The van der Waals surface area contributed by atoms with Crippen molar-refractivity contribution < 1.29 is 6.85 Å². The van der Waals surface area contributed by atoms with Crippen LogP contribution in [0, 0.1) is 0 Å². The first-order valence-corrected chi connectivity index (χ1v) is 17.4. The molecule has 0 spiro atoms. The van der Waals surface area contributed by atoms with Crippen molar-refractivity contribution >= 4 is 60.4 Å². The van der Waals surface area contributed by atoms with Crippen LogP contribution < -0.4 is 4.90 Å². The van der Waals surface area contributed by atoms with E-state index in [2.05, 4.69) is 137 Å². The number of para-hydroxylation sites is 1. The third-order valence-corrected chi connectivity index (χ3v) is 10.0. The summed E-state index contributed by atoms with van der Waals surface area (Å²) in [6.45, 7) is 0. The molecule has 0 saturated heterocycles. The molecule has 0 radical (unpaired) electrons. The van der Waals surface area contributed by atoms with Gasteiger partial charge in [0.25, 0.3) is 0 Å². The summed E-state index contributed by atoms with van der Waals surface area (Å²) >= 11 is 0. The van der Waals surface area contributed by atoms with Crippen LogP contribution in [-0.2, 0) is 0 Å². The standard InChI is InChI=1S/C50H34N2/c1-4-14-35(15-5-1)37-24-28-40(29-25-37)51(41-30-26-38(27-31-41)36-16-6-2-7-17-36)42-32-33-48-47(34-42)49-45-22-12-10-20-43(45)44-21-11-13-23-46(44)50(49)52(48)39-18-8-3-9-19-39/h1-34H/i1D,4D,5D,14D,15D. The van der Waals surface area contributed by atoms with Crippen molar-refractivity contribution in [3.63, 3.8) is 0 Å². The molecule has 0 aliphatic rings. The molecular weight excluding hydrogens is 629 g/mol. The average Bonchev–Trinajstić information content (AvgIpc) is 3.62. The second-order valence-electron chi connectivity index (χ2n) is 13.0. The molecule has 9 aromatic carbocycles. The molecular formula is C50H34N2. The monoisotopic (exact) mass is 667 g/mol. The second kappa shape index (κ2) is 12.5. The van der Waals surface area contributed by atoms with E-state index in [4.69, 9.17) is 6.85 Å². The molecule has 10 rings (SSSR count). The summed E-state index contributed by atoms with van der Waals surface area (Å²) in [5, 5.41) is 7.08. The molecule has 52 heavy (non-hydrogen) atoms. The van der Waals surface area contributed by atoms with Gasteiger partial charge in [0.15, 0.2) is 0 Å². The van der Waals surface area contributed by atoms with E-state index < -0.39 is 6.04 Å². The highest BCUT2D eigenvalue weighted by atomic mass is 15.1. The third-order valence-electron chi connectivity index (χ3n) is 10.0. The van der Waals surface area contributed by atoms with Crippen molar-refractivity contribution in [3.05, 3.63) is 206 Å². The Labute approximate surface area is 310 Å². The highest BCUT2D eigenvalue weighted by Gasteiger charge is 2.21. The molecule has 0 bridgehead atoms. The summed E-state index contributed by atoms with van der Waals surface area (Å²) in [5.41, 5.74) is 9.07. The van der Waals surface area contributed by atoms with Crippen LogP contribution in [0.3, 0.4) is 0 Å². The molecule has 1 aromatic heterocycles. The van der Waals surface area contributed by atoms with Crippen LogP contribution in [0.25, 0.3) is 71.3 Å². The van der Waals surface area contributed by atoms with Gasteiger partial charge in [0.05, 0.1) is 17.9 Å². The number of hydrogen-bond donors (Lipinski definition) is 0. The van der Waals surface area contributed by atoms with Crippen molar-refractivity contribution in [2.24, 2.45) is 0 Å². The molecule has 1 heterocycles. The van der Waals surface area contributed by atoms with Gasteiger partial charge in [0.1, 0.15) is 0 Å². The average molecular weight is 668 g/mol. The third kappa shape index (κ3) is 4.96. The van der Waals surface area contributed by atoms with Gasteiger partial charge in [-0.3, -0.25) is 0 Å². The Bertz CT molecular complexity index is 3130. The zero-order chi connectivity index (χ0) is 38.8. The fraction of sp³-hybridized carbons (Fsp3) is 0. The lowest BCUT2D eigenvalue weighted by molar-refractivity contribution is 1.18. The van der Waals surface area contributed by atoms with Gasteiger partial charge in [-0.1, -0.05) is 152 Å². The Morgan fingerprint density at radius 1 is 0.385 bits per heavy atom. The van der Waals surface area contributed by atoms with E-state index in [1.165, 1.54) is 26.9 Å². The van der Waals surface area contributed by atoms with Crippen LogP contribution in [0.2, 0.25) is 0 Å². The van der Waals surface area contributed by atoms with Crippen LogP contribution >= 0.6 is 0 Å². The fourth-order valence-corrected chi connectivity index (χ4v) is 7.70. The first-order valence-electron chi connectivity index (χ1n) is 19.9. The number of hydrogen-bond acceptors (Lipinski definition) is 1. The zero-order valence-electron chi connectivity index (χ0n) is 33.1. The van der Waals surface area contributed by atoms with Gasteiger partial charge in [-0.05, 0) is 93.0 Å². The van der Waals surface area contributed by atoms with E-state index in [1.54, 1.807) is 0 Å². The van der Waals surface area contributed by atoms with E-state index in [0.29, 0.717) is 5.56 Å². The van der Waals surface area contributed by atoms with Crippen LogP contribution in [-0.4, -0.2) is 4.57 Å². The molecule has 2 heteroatoms. The summed E-state index contributed by atoms with van der Waals surface area (Å²) in [4.78, 5) is 2.22. The van der Waals surface area contributed by atoms with E-state index in [-0.39, 0.29) is 29.7 Å². The summed E-state index contributed by atoms with van der Waals surface area (Å²) in [5.74, 6) is 0. The minimum atomic E-state index is -0.403. The van der Waals surface area contributed by atoms with Gasteiger partial charge in [-0.15, -0.1) is 0 Å². The van der Waals surface area contributed by atoms with Gasteiger partial charge in [0.2, 0.25) is 0 Å². The number of rotatable bonds is 6. The number of nitrogens with zero attached hydrogens (tertiary/aromatic N) is 2. The number of aromatic nitrogens is 1. The lowest BCUT2D eigenvalue weighted by atomic mass is 9.96. The Kier molecular flexibility index (Phi) is 6.01. The molecule has 244 valence electrons. The van der Waals surface area contributed by atoms with E-state index in [0.717, 1.165) is 50.3 Å². The van der Waals surface area contributed by atoms with Crippen LogP contribution in [0.5, 0.6) is 0 Å². The van der Waals surface area contributed by atoms with E-state index >= 15 is 0 Å². The predicted octanol–water partition coefficient (Wildman–Crippen LogP) is 13.9. The van der Waals surface area contributed by atoms with Gasteiger partial charge >= 0.3 is 0 Å². The maximum absolute atomic E-state index is 8.60. The van der Waals surface area contributed by atoms with Gasteiger partial charge < -0.3 is 9.47 Å². The van der Waals surface area contributed by atoms with Gasteiger partial charge in [0, 0.05) is 38.9 Å². The smallest absolute Gasteiger partial charge is 0.0629 e. The summed E-state index contributed by atoms with van der Waals surface area (Å²) in [7, 11) is 0. The lowest BCUT2D eigenvalue weighted by Gasteiger charge is -2.26. The largest absolute Gasteiger partial charge is 0.310 e. The first-order chi connectivity index (χ1) is 27.9. The van der Waals surface area contributed by atoms with Crippen molar-refractivity contribution in [3.8, 4) is 27.9 Å². The molecule has 0 amide bonds. The lowest BCUT2D eigenvalue weighted by Crippen LogP contribution is -2.10. The molecule has 0 aliphatic heterocycles. The Balaban J connectivity index is 1.22. The normalized spacial score (nSPS) is 12.8. The summed E-state index contributed by atoms with van der Waals surface area (Å²) in [6.07, 6.45) is 0. The Morgan fingerprint density at radius 2 is 0.885 bits per heavy atom. The molecule has 0 saturated carbocycles.